The standard InChI is InChI=1S/C12H19N3O2/c1-9-5-4-6-11(10-7-8-10)12(9)14(2)15(3)17-16-13/h4-6,10H,7-8,13H2,1-3H3. The Labute approximate surface area is 102 Å². The molecule has 5 nitrogen and oxygen atoms in total. The minimum atomic E-state index is 0.680. The van der Waals surface area contributed by atoms with E-state index in [9.17, 15) is 0 Å². The third kappa shape index (κ3) is 2.58. The molecule has 1 aliphatic rings. The van der Waals surface area contributed by atoms with Crippen molar-refractivity contribution in [1.29, 1.82) is 0 Å². The van der Waals surface area contributed by atoms with Gasteiger partial charge in [-0.25, -0.2) is 0 Å². The van der Waals surface area contributed by atoms with Crippen LogP contribution in [0.15, 0.2) is 18.2 Å². The Bertz CT molecular complexity index is 393. The Morgan fingerprint density at radius 2 is 2.00 bits per heavy atom. The van der Waals surface area contributed by atoms with Gasteiger partial charge in [-0.1, -0.05) is 23.4 Å². The second-order valence-corrected chi connectivity index (χ2v) is 4.45. The summed E-state index contributed by atoms with van der Waals surface area (Å²) in [6.07, 6.45) is 2.53. The lowest BCUT2D eigenvalue weighted by molar-refractivity contribution is -0.425. The van der Waals surface area contributed by atoms with Crippen molar-refractivity contribution in [3.05, 3.63) is 29.3 Å². The molecule has 2 rings (SSSR count). The number of aryl methyl sites for hydroxylation is 1. The van der Waals surface area contributed by atoms with Crippen molar-refractivity contribution in [3.8, 4) is 0 Å². The molecule has 1 aliphatic carbocycles. The fourth-order valence-electron chi connectivity index (χ4n) is 2.10. The van der Waals surface area contributed by atoms with E-state index >= 15 is 0 Å². The smallest absolute Gasteiger partial charge is 0.0606 e. The molecule has 2 N–H and O–H groups in total. The summed E-state index contributed by atoms with van der Waals surface area (Å²) < 4.78 is 0. The Morgan fingerprint density at radius 1 is 1.29 bits per heavy atom. The minimum Gasteiger partial charge on any atom is -0.283 e. The van der Waals surface area contributed by atoms with Crippen LogP contribution in [-0.2, 0) is 9.98 Å². The zero-order chi connectivity index (χ0) is 12.4. The molecule has 1 aromatic carbocycles. The maximum atomic E-state index is 4.90. The van der Waals surface area contributed by atoms with Crippen LogP contribution in [0, 0.1) is 6.92 Å². The van der Waals surface area contributed by atoms with Gasteiger partial charge < -0.3 is 0 Å². The second-order valence-electron chi connectivity index (χ2n) is 4.45. The summed E-state index contributed by atoms with van der Waals surface area (Å²) in [6, 6.07) is 6.36. The molecule has 0 radical (unpaired) electrons. The van der Waals surface area contributed by atoms with Crippen LogP contribution in [-0.4, -0.2) is 19.3 Å². The number of hydrogen-bond donors (Lipinski definition) is 1. The van der Waals surface area contributed by atoms with Gasteiger partial charge in [-0.3, -0.25) is 5.01 Å². The molecule has 0 saturated heterocycles. The van der Waals surface area contributed by atoms with E-state index in [1.807, 2.05) is 12.1 Å². The minimum absolute atomic E-state index is 0.680. The van der Waals surface area contributed by atoms with Crippen LogP contribution in [0.5, 0.6) is 0 Å². The van der Waals surface area contributed by atoms with Crippen LogP contribution in [0.3, 0.4) is 0 Å². The number of nitrogens with two attached hydrogens (primary N) is 1. The van der Waals surface area contributed by atoms with Crippen molar-refractivity contribution >= 4 is 5.69 Å². The predicted molar refractivity (Wildman–Crippen MR) is 65.7 cm³/mol. The van der Waals surface area contributed by atoms with Crippen molar-refractivity contribution in [3.63, 3.8) is 0 Å². The zero-order valence-electron chi connectivity index (χ0n) is 10.5. The van der Waals surface area contributed by atoms with Gasteiger partial charge in [-0.2, -0.15) is 5.90 Å². The molecular formula is C12H19N3O2. The number of benzene rings is 1. The lowest BCUT2D eigenvalue weighted by Crippen LogP contribution is -2.38. The van der Waals surface area contributed by atoms with Crippen molar-refractivity contribution in [1.82, 2.24) is 5.17 Å². The van der Waals surface area contributed by atoms with E-state index in [1.165, 1.54) is 29.1 Å². The number of hydrazine groups is 1. The molecule has 0 spiro atoms. The first-order chi connectivity index (χ1) is 8.15. The molecule has 0 unspecified atom stereocenters. The SMILES string of the molecule is Cc1cccc(C2CC2)c1N(C)N(C)OON. The maximum Gasteiger partial charge on any atom is 0.0606 e. The van der Waals surface area contributed by atoms with Gasteiger partial charge in [0.05, 0.1) is 5.69 Å². The summed E-state index contributed by atoms with van der Waals surface area (Å²) in [5.41, 5.74) is 3.74. The van der Waals surface area contributed by atoms with Crippen molar-refractivity contribution in [2.75, 3.05) is 19.1 Å². The summed E-state index contributed by atoms with van der Waals surface area (Å²) >= 11 is 0. The average Bonchev–Trinajstić information content (AvgIpc) is 3.12. The Kier molecular flexibility index (Phi) is 3.63. The molecule has 1 aromatic rings. The first-order valence-electron chi connectivity index (χ1n) is 5.75. The first kappa shape index (κ1) is 12.3. The van der Waals surface area contributed by atoms with Crippen LogP contribution >= 0.6 is 0 Å². The predicted octanol–water partition coefficient (Wildman–Crippen LogP) is 1.89. The van der Waals surface area contributed by atoms with E-state index in [0.717, 1.165) is 5.69 Å². The molecule has 94 valence electrons. The molecule has 0 aliphatic heterocycles. The normalized spacial score (nSPS) is 15.4. The second kappa shape index (κ2) is 5.01. The Balaban J connectivity index is 2.29. The van der Waals surface area contributed by atoms with Crippen LogP contribution in [0.25, 0.3) is 0 Å². The molecule has 0 amide bonds. The fourth-order valence-corrected chi connectivity index (χ4v) is 2.10. The summed E-state index contributed by atoms with van der Waals surface area (Å²) in [4.78, 5) is 8.99. The number of nitrogens with zero attached hydrogens (tertiary/aromatic N) is 2. The number of hydrogen-bond acceptors (Lipinski definition) is 5. The van der Waals surface area contributed by atoms with Gasteiger partial charge >= 0.3 is 0 Å². The van der Waals surface area contributed by atoms with E-state index in [4.69, 9.17) is 10.9 Å². The molecule has 1 fully saturated rings. The lowest BCUT2D eigenvalue weighted by Gasteiger charge is -2.30. The van der Waals surface area contributed by atoms with Gasteiger partial charge in [0, 0.05) is 14.1 Å². The number of hydroxylamine groups is 1. The van der Waals surface area contributed by atoms with Crippen LogP contribution in [0.1, 0.15) is 29.9 Å². The zero-order valence-corrected chi connectivity index (χ0v) is 10.5. The highest BCUT2D eigenvalue weighted by Gasteiger charge is 2.28. The highest BCUT2D eigenvalue weighted by Crippen LogP contribution is 2.45. The van der Waals surface area contributed by atoms with Gasteiger partial charge in [0.25, 0.3) is 0 Å². The van der Waals surface area contributed by atoms with Crippen LogP contribution in [0.2, 0.25) is 0 Å². The van der Waals surface area contributed by atoms with Gasteiger partial charge in [-0.15, -0.1) is 9.98 Å². The molecule has 1 saturated carbocycles. The number of rotatable bonds is 5. The quantitative estimate of drug-likeness (QED) is 0.626. The molecule has 0 heterocycles. The fraction of sp³-hybridized carbons (Fsp3) is 0.500. The van der Waals surface area contributed by atoms with Crippen LogP contribution < -0.4 is 10.9 Å². The van der Waals surface area contributed by atoms with E-state index < -0.39 is 0 Å². The van der Waals surface area contributed by atoms with E-state index in [2.05, 4.69) is 30.1 Å². The van der Waals surface area contributed by atoms with E-state index in [0.29, 0.717) is 5.92 Å². The Hall–Kier alpha value is -1.14. The van der Waals surface area contributed by atoms with Crippen LogP contribution in [0.4, 0.5) is 5.69 Å². The summed E-state index contributed by atoms with van der Waals surface area (Å²) in [5.74, 6) is 5.58. The summed E-state index contributed by atoms with van der Waals surface area (Å²) in [7, 11) is 3.67. The van der Waals surface area contributed by atoms with Crippen molar-refractivity contribution in [2.24, 2.45) is 5.90 Å². The molecule has 17 heavy (non-hydrogen) atoms. The van der Waals surface area contributed by atoms with Gasteiger partial charge in [0.1, 0.15) is 0 Å². The summed E-state index contributed by atoms with van der Waals surface area (Å²) in [6.45, 7) is 2.09. The van der Waals surface area contributed by atoms with Gasteiger partial charge in [-0.05, 0) is 36.8 Å². The van der Waals surface area contributed by atoms with Gasteiger partial charge in [0.2, 0.25) is 0 Å². The average molecular weight is 237 g/mol. The van der Waals surface area contributed by atoms with Gasteiger partial charge in [0.15, 0.2) is 0 Å². The monoisotopic (exact) mass is 237 g/mol. The molecular weight excluding hydrogens is 218 g/mol. The van der Waals surface area contributed by atoms with E-state index in [1.54, 1.807) is 7.05 Å². The molecule has 5 heteroatoms. The molecule has 0 bridgehead atoms. The van der Waals surface area contributed by atoms with Crippen molar-refractivity contribution < 1.29 is 9.98 Å². The number of para-hydroxylation sites is 1. The molecule has 0 atom stereocenters. The third-order valence-electron chi connectivity index (χ3n) is 3.18. The first-order valence-corrected chi connectivity index (χ1v) is 5.75. The van der Waals surface area contributed by atoms with E-state index in [-0.39, 0.29) is 0 Å². The highest BCUT2D eigenvalue weighted by molar-refractivity contribution is 5.60. The summed E-state index contributed by atoms with van der Waals surface area (Å²) in [5, 5.41) is 3.37. The highest BCUT2D eigenvalue weighted by atomic mass is 17.3. The number of anilines is 1. The Morgan fingerprint density at radius 3 is 2.59 bits per heavy atom. The largest absolute Gasteiger partial charge is 0.283 e. The lowest BCUT2D eigenvalue weighted by atomic mass is 10.0. The van der Waals surface area contributed by atoms with Crippen molar-refractivity contribution in [2.45, 2.75) is 25.7 Å². The maximum absolute atomic E-state index is 4.90. The topological polar surface area (TPSA) is 51.0 Å². The third-order valence-corrected chi connectivity index (χ3v) is 3.18. The molecule has 0 aromatic heterocycles.